The van der Waals surface area contributed by atoms with E-state index < -0.39 is 0 Å². The van der Waals surface area contributed by atoms with Crippen molar-refractivity contribution >= 4 is 11.0 Å². The standard InChI is InChI=1S/C19H16N4O2/c1-2-24-15-8-10-16(11-9-15)25-19-17-12-22-23(18(17)20-13-21-19)14-6-4-3-5-7-14/h3-13H,2H2,1H3. The van der Waals surface area contributed by atoms with Crippen LogP contribution < -0.4 is 9.47 Å². The molecule has 0 amide bonds. The molecule has 25 heavy (non-hydrogen) atoms. The third-order valence-electron chi connectivity index (χ3n) is 3.68. The van der Waals surface area contributed by atoms with E-state index >= 15 is 0 Å². The first-order valence-electron chi connectivity index (χ1n) is 8.00. The largest absolute Gasteiger partial charge is 0.494 e. The van der Waals surface area contributed by atoms with Crippen LogP contribution >= 0.6 is 0 Å². The summed E-state index contributed by atoms with van der Waals surface area (Å²) in [4.78, 5) is 8.60. The van der Waals surface area contributed by atoms with Gasteiger partial charge in [-0.05, 0) is 43.3 Å². The summed E-state index contributed by atoms with van der Waals surface area (Å²) >= 11 is 0. The quantitative estimate of drug-likeness (QED) is 0.552. The average molecular weight is 332 g/mol. The Kier molecular flexibility index (Phi) is 4.00. The van der Waals surface area contributed by atoms with Crippen LogP contribution in [-0.2, 0) is 0 Å². The molecule has 0 unspecified atom stereocenters. The van der Waals surface area contributed by atoms with Crippen LogP contribution in [0.3, 0.4) is 0 Å². The summed E-state index contributed by atoms with van der Waals surface area (Å²) in [7, 11) is 0. The second kappa shape index (κ2) is 6.60. The van der Waals surface area contributed by atoms with Crippen molar-refractivity contribution < 1.29 is 9.47 Å². The highest BCUT2D eigenvalue weighted by Gasteiger charge is 2.12. The topological polar surface area (TPSA) is 62.1 Å². The third kappa shape index (κ3) is 3.01. The molecule has 4 aromatic rings. The molecule has 0 radical (unpaired) electrons. The molecule has 0 saturated carbocycles. The summed E-state index contributed by atoms with van der Waals surface area (Å²) in [6.07, 6.45) is 3.19. The number of nitrogens with zero attached hydrogens (tertiary/aromatic N) is 4. The van der Waals surface area contributed by atoms with Crippen molar-refractivity contribution in [2.75, 3.05) is 6.61 Å². The average Bonchev–Trinajstić information content (AvgIpc) is 3.09. The Balaban J connectivity index is 1.68. The highest BCUT2D eigenvalue weighted by Crippen LogP contribution is 2.28. The number of para-hydroxylation sites is 1. The van der Waals surface area contributed by atoms with E-state index in [-0.39, 0.29) is 0 Å². The van der Waals surface area contributed by atoms with Gasteiger partial charge in [-0.3, -0.25) is 0 Å². The molecule has 0 aliphatic heterocycles. The van der Waals surface area contributed by atoms with Gasteiger partial charge < -0.3 is 9.47 Å². The first-order valence-corrected chi connectivity index (χ1v) is 8.00. The minimum atomic E-state index is 0.469. The van der Waals surface area contributed by atoms with E-state index in [9.17, 15) is 0 Å². The molecule has 0 N–H and O–H groups in total. The lowest BCUT2D eigenvalue weighted by Crippen LogP contribution is -1.98. The van der Waals surface area contributed by atoms with E-state index in [4.69, 9.17) is 9.47 Å². The molecule has 0 saturated heterocycles. The molecule has 0 fully saturated rings. The summed E-state index contributed by atoms with van der Waals surface area (Å²) in [6, 6.07) is 17.3. The lowest BCUT2D eigenvalue weighted by molar-refractivity contribution is 0.339. The van der Waals surface area contributed by atoms with E-state index in [0.29, 0.717) is 23.9 Å². The summed E-state index contributed by atoms with van der Waals surface area (Å²) in [5.41, 5.74) is 1.63. The van der Waals surface area contributed by atoms with Crippen molar-refractivity contribution in [3.8, 4) is 23.1 Å². The van der Waals surface area contributed by atoms with E-state index in [1.54, 1.807) is 10.9 Å². The summed E-state index contributed by atoms with van der Waals surface area (Å²) in [5, 5.41) is 5.17. The molecule has 6 heteroatoms. The number of rotatable bonds is 5. The lowest BCUT2D eigenvalue weighted by Gasteiger charge is -2.07. The molecule has 0 aliphatic rings. The van der Waals surface area contributed by atoms with Crippen LogP contribution in [0.15, 0.2) is 67.1 Å². The molecule has 0 atom stereocenters. The van der Waals surface area contributed by atoms with Gasteiger partial charge in [0.2, 0.25) is 5.88 Å². The Labute approximate surface area is 144 Å². The van der Waals surface area contributed by atoms with Gasteiger partial charge in [-0.25, -0.2) is 14.6 Å². The van der Waals surface area contributed by atoms with Crippen LogP contribution in [0, 0.1) is 0 Å². The zero-order valence-electron chi connectivity index (χ0n) is 13.7. The third-order valence-corrected chi connectivity index (χ3v) is 3.68. The lowest BCUT2D eigenvalue weighted by atomic mass is 10.3. The van der Waals surface area contributed by atoms with Gasteiger partial charge in [-0.2, -0.15) is 5.10 Å². The number of fused-ring (bicyclic) bond motifs is 1. The van der Waals surface area contributed by atoms with Crippen LogP contribution in [0.2, 0.25) is 0 Å². The maximum absolute atomic E-state index is 5.91. The summed E-state index contributed by atoms with van der Waals surface area (Å²) in [5.74, 6) is 1.95. The maximum atomic E-state index is 5.91. The fourth-order valence-corrected chi connectivity index (χ4v) is 2.54. The molecule has 2 heterocycles. The van der Waals surface area contributed by atoms with Crippen LogP contribution in [0.1, 0.15) is 6.92 Å². The Hall–Kier alpha value is -3.41. The van der Waals surface area contributed by atoms with E-state index in [2.05, 4.69) is 15.1 Å². The van der Waals surface area contributed by atoms with Gasteiger partial charge in [0.1, 0.15) is 23.2 Å². The fourth-order valence-electron chi connectivity index (χ4n) is 2.54. The van der Waals surface area contributed by atoms with Crippen molar-refractivity contribution in [2.45, 2.75) is 6.92 Å². The van der Waals surface area contributed by atoms with Crippen molar-refractivity contribution in [3.63, 3.8) is 0 Å². The summed E-state index contributed by atoms with van der Waals surface area (Å²) in [6.45, 7) is 2.58. The number of hydrogen-bond donors (Lipinski definition) is 0. The first kappa shape index (κ1) is 15.1. The van der Waals surface area contributed by atoms with Gasteiger partial charge in [-0.15, -0.1) is 0 Å². The Bertz CT molecular complexity index is 981. The van der Waals surface area contributed by atoms with Crippen LogP contribution in [0.25, 0.3) is 16.7 Å². The van der Waals surface area contributed by atoms with E-state index in [1.807, 2.05) is 61.5 Å². The van der Waals surface area contributed by atoms with Crippen LogP contribution in [-0.4, -0.2) is 26.4 Å². The van der Waals surface area contributed by atoms with Crippen molar-refractivity contribution in [1.29, 1.82) is 0 Å². The zero-order chi connectivity index (χ0) is 17.1. The number of ether oxygens (including phenoxy) is 2. The SMILES string of the molecule is CCOc1ccc(Oc2ncnc3c2cnn3-c2ccccc2)cc1. The van der Waals surface area contributed by atoms with Gasteiger partial charge in [0.05, 0.1) is 18.5 Å². The second-order valence-corrected chi connectivity index (χ2v) is 5.31. The highest BCUT2D eigenvalue weighted by molar-refractivity contribution is 5.81. The summed E-state index contributed by atoms with van der Waals surface area (Å²) < 4.78 is 13.1. The van der Waals surface area contributed by atoms with Crippen molar-refractivity contribution in [3.05, 3.63) is 67.1 Å². The molecule has 0 aliphatic carbocycles. The Morgan fingerprint density at radius 1 is 0.920 bits per heavy atom. The van der Waals surface area contributed by atoms with Crippen LogP contribution in [0.4, 0.5) is 0 Å². The first-order chi connectivity index (χ1) is 12.3. The molecule has 0 bridgehead atoms. The van der Waals surface area contributed by atoms with Gasteiger partial charge in [0, 0.05) is 0 Å². The Morgan fingerprint density at radius 2 is 1.68 bits per heavy atom. The van der Waals surface area contributed by atoms with Crippen molar-refractivity contribution in [1.82, 2.24) is 19.7 Å². The Morgan fingerprint density at radius 3 is 2.44 bits per heavy atom. The molecular formula is C19H16N4O2. The monoisotopic (exact) mass is 332 g/mol. The second-order valence-electron chi connectivity index (χ2n) is 5.31. The van der Waals surface area contributed by atoms with Crippen LogP contribution in [0.5, 0.6) is 17.4 Å². The fraction of sp³-hybridized carbons (Fsp3) is 0.105. The molecule has 2 aromatic heterocycles. The van der Waals surface area contributed by atoms with Gasteiger partial charge >= 0.3 is 0 Å². The molecule has 6 nitrogen and oxygen atoms in total. The number of hydrogen-bond acceptors (Lipinski definition) is 5. The molecular weight excluding hydrogens is 316 g/mol. The minimum absolute atomic E-state index is 0.469. The maximum Gasteiger partial charge on any atom is 0.233 e. The van der Waals surface area contributed by atoms with E-state index in [1.165, 1.54) is 6.33 Å². The zero-order valence-corrected chi connectivity index (χ0v) is 13.7. The molecule has 0 spiro atoms. The van der Waals surface area contributed by atoms with Gasteiger partial charge in [0.25, 0.3) is 0 Å². The molecule has 4 rings (SSSR count). The van der Waals surface area contributed by atoms with E-state index in [0.717, 1.165) is 16.8 Å². The smallest absolute Gasteiger partial charge is 0.233 e. The van der Waals surface area contributed by atoms with Crippen molar-refractivity contribution in [2.24, 2.45) is 0 Å². The van der Waals surface area contributed by atoms with Gasteiger partial charge in [0.15, 0.2) is 5.65 Å². The number of aromatic nitrogens is 4. The predicted molar refractivity (Wildman–Crippen MR) is 94.3 cm³/mol. The van der Waals surface area contributed by atoms with Gasteiger partial charge in [-0.1, -0.05) is 18.2 Å². The number of benzene rings is 2. The minimum Gasteiger partial charge on any atom is -0.494 e. The molecule has 2 aromatic carbocycles. The predicted octanol–water partition coefficient (Wildman–Crippen LogP) is 4.01. The normalized spacial score (nSPS) is 10.8. The highest BCUT2D eigenvalue weighted by atomic mass is 16.5. The molecule has 124 valence electrons.